The Balaban J connectivity index is 4.40. The summed E-state index contributed by atoms with van der Waals surface area (Å²) in [6.45, 7) is -0.230. The van der Waals surface area contributed by atoms with Gasteiger partial charge in [0.15, 0.2) is 0 Å². The molecule has 0 heterocycles. The molecule has 0 radical (unpaired) electrons. The molecule has 0 atom stereocenters. The fourth-order valence-corrected chi connectivity index (χ4v) is 0.969. The molecule has 0 spiro atoms. The fraction of sp³-hybridized carbons (Fsp3) is 0.600. The van der Waals surface area contributed by atoms with Gasteiger partial charge in [0.05, 0.1) is 7.11 Å². The lowest BCUT2D eigenvalue weighted by Gasteiger charge is -2.15. The second-order valence-electron chi connectivity index (χ2n) is 2.40. The van der Waals surface area contributed by atoms with Gasteiger partial charge in [0.1, 0.15) is 6.54 Å². The molecule has 0 aromatic carbocycles. The summed E-state index contributed by atoms with van der Waals surface area (Å²) in [7, 11) is -2.02. The van der Waals surface area contributed by atoms with Crippen LogP contribution in [0.1, 0.15) is 0 Å². The second kappa shape index (κ2) is 4.94. The summed E-state index contributed by atoms with van der Waals surface area (Å²) in [6, 6.07) is 0. The van der Waals surface area contributed by atoms with E-state index in [0.717, 1.165) is 4.90 Å². The number of carbonyl (C=O) groups excluding carboxylic acids is 1. The van der Waals surface area contributed by atoms with E-state index >= 15 is 0 Å². The lowest BCUT2D eigenvalue weighted by molar-refractivity contribution is -0.140. The van der Waals surface area contributed by atoms with E-state index < -0.39 is 19.7 Å². The Labute approximate surface area is 80.6 Å². The van der Waals surface area contributed by atoms with Crippen molar-refractivity contribution < 1.29 is 23.9 Å². The van der Waals surface area contributed by atoms with Gasteiger partial charge >= 0.3 is 13.7 Å². The number of rotatable bonds is 3. The summed E-state index contributed by atoms with van der Waals surface area (Å²) in [5.41, 5.74) is 5.18. The molecule has 14 heavy (non-hydrogen) atoms. The zero-order valence-corrected chi connectivity index (χ0v) is 8.64. The zero-order valence-electron chi connectivity index (χ0n) is 7.75. The average molecular weight is 225 g/mol. The van der Waals surface area contributed by atoms with E-state index in [2.05, 4.69) is 9.50 Å². The van der Waals surface area contributed by atoms with Gasteiger partial charge in [-0.3, -0.25) is 4.79 Å². The van der Waals surface area contributed by atoms with Crippen molar-refractivity contribution in [2.45, 2.75) is 0 Å². The van der Waals surface area contributed by atoms with Crippen LogP contribution in [0.15, 0.2) is 4.76 Å². The standard InChI is InChI=1S/C5H12N3O5P/c1-8(3-4(9)13-2)5(6)7-14(10,11)12/h3H2,1-2H3,(H4,6,7,10,11,12). The Morgan fingerprint density at radius 2 is 2.14 bits per heavy atom. The van der Waals surface area contributed by atoms with Crippen molar-refractivity contribution in [3.8, 4) is 0 Å². The molecule has 82 valence electrons. The van der Waals surface area contributed by atoms with Gasteiger partial charge in [-0.2, -0.15) is 0 Å². The molecule has 0 bridgehead atoms. The monoisotopic (exact) mass is 225 g/mol. The van der Waals surface area contributed by atoms with E-state index in [4.69, 9.17) is 15.5 Å². The second-order valence-corrected chi connectivity index (χ2v) is 3.63. The first kappa shape index (κ1) is 12.9. The van der Waals surface area contributed by atoms with Crippen LogP contribution < -0.4 is 5.73 Å². The minimum Gasteiger partial charge on any atom is -0.468 e. The highest BCUT2D eigenvalue weighted by Crippen LogP contribution is 2.35. The van der Waals surface area contributed by atoms with Crippen molar-refractivity contribution in [3.05, 3.63) is 0 Å². The summed E-state index contributed by atoms with van der Waals surface area (Å²) >= 11 is 0. The summed E-state index contributed by atoms with van der Waals surface area (Å²) < 4.78 is 17.6. The van der Waals surface area contributed by atoms with Crippen molar-refractivity contribution >= 4 is 19.7 Å². The highest BCUT2D eigenvalue weighted by molar-refractivity contribution is 7.50. The molecule has 9 heteroatoms. The maximum Gasteiger partial charge on any atom is 0.451 e. The number of esters is 1. The Morgan fingerprint density at radius 3 is 2.50 bits per heavy atom. The first-order chi connectivity index (χ1) is 6.26. The molecular formula is C5H12N3O5P. The van der Waals surface area contributed by atoms with E-state index in [1.54, 1.807) is 0 Å². The summed E-state index contributed by atoms with van der Waals surface area (Å²) in [4.78, 5) is 28.6. The van der Waals surface area contributed by atoms with E-state index in [1.165, 1.54) is 14.2 Å². The van der Waals surface area contributed by atoms with E-state index in [9.17, 15) is 9.36 Å². The normalized spacial score (nSPS) is 12.4. The fourth-order valence-electron chi connectivity index (χ4n) is 0.549. The van der Waals surface area contributed by atoms with E-state index in [1.807, 2.05) is 0 Å². The molecule has 8 nitrogen and oxygen atoms in total. The number of hydrogen-bond donors (Lipinski definition) is 3. The number of ether oxygens (including phenoxy) is 1. The minimum atomic E-state index is -4.56. The lowest BCUT2D eigenvalue weighted by Crippen LogP contribution is -2.37. The Kier molecular flexibility index (Phi) is 4.55. The van der Waals surface area contributed by atoms with E-state index in [0.29, 0.717) is 0 Å². The predicted molar refractivity (Wildman–Crippen MR) is 48.3 cm³/mol. The quantitative estimate of drug-likeness (QED) is 0.231. The molecule has 0 fully saturated rings. The van der Waals surface area contributed by atoms with Crippen LogP contribution in [-0.4, -0.2) is 47.3 Å². The van der Waals surface area contributed by atoms with Crippen LogP contribution in [0.4, 0.5) is 0 Å². The van der Waals surface area contributed by atoms with Gasteiger partial charge in [0, 0.05) is 7.05 Å². The van der Waals surface area contributed by atoms with Gasteiger partial charge in [0.2, 0.25) is 5.96 Å². The molecular weight excluding hydrogens is 213 g/mol. The van der Waals surface area contributed by atoms with Crippen LogP contribution >= 0.6 is 7.75 Å². The minimum absolute atomic E-state index is 0.230. The molecule has 4 N–H and O–H groups in total. The first-order valence-corrected chi connectivity index (χ1v) is 5.02. The highest BCUT2D eigenvalue weighted by Gasteiger charge is 2.15. The average Bonchev–Trinajstić information content (AvgIpc) is 2.00. The Hall–Kier alpha value is -1.11. The molecule has 0 unspecified atom stereocenters. The molecule has 0 aliphatic rings. The lowest BCUT2D eigenvalue weighted by atomic mass is 10.6. The number of nitrogens with zero attached hydrogens (tertiary/aromatic N) is 2. The maximum atomic E-state index is 10.7. The first-order valence-electron chi connectivity index (χ1n) is 3.45. The van der Waals surface area contributed by atoms with Crippen LogP contribution in [0, 0.1) is 0 Å². The van der Waals surface area contributed by atoms with Crippen LogP contribution in [0.2, 0.25) is 0 Å². The van der Waals surface area contributed by atoms with Crippen molar-refractivity contribution in [2.75, 3.05) is 20.7 Å². The topological polar surface area (TPSA) is 125 Å². The van der Waals surface area contributed by atoms with Crippen LogP contribution in [-0.2, 0) is 14.1 Å². The molecule has 0 saturated heterocycles. The number of nitrogens with two attached hydrogens (primary N) is 1. The SMILES string of the molecule is COC(=O)CN(C)C(N)=NP(=O)(O)O. The zero-order chi connectivity index (χ0) is 11.4. The molecule has 0 aliphatic carbocycles. The molecule has 0 saturated carbocycles. The van der Waals surface area contributed by atoms with Crippen molar-refractivity contribution in [1.82, 2.24) is 4.90 Å². The predicted octanol–water partition coefficient (Wildman–Crippen LogP) is -1.50. The molecule has 0 aliphatic heterocycles. The van der Waals surface area contributed by atoms with E-state index in [-0.39, 0.29) is 6.54 Å². The summed E-state index contributed by atoms with van der Waals surface area (Å²) in [6.07, 6.45) is 0. The van der Waals surface area contributed by atoms with Crippen molar-refractivity contribution in [2.24, 2.45) is 10.5 Å². The molecule has 0 rings (SSSR count). The number of guanidine groups is 1. The Bertz CT molecular complexity index is 285. The number of methoxy groups -OCH3 is 1. The molecule has 0 aromatic rings. The third kappa shape index (κ3) is 5.52. The third-order valence-corrected chi connectivity index (χ3v) is 1.68. The van der Waals surface area contributed by atoms with Crippen LogP contribution in [0.3, 0.4) is 0 Å². The largest absolute Gasteiger partial charge is 0.468 e. The Morgan fingerprint density at radius 1 is 1.64 bits per heavy atom. The third-order valence-electron chi connectivity index (χ3n) is 1.22. The molecule has 0 aromatic heterocycles. The summed E-state index contributed by atoms with van der Waals surface area (Å²) in [5, 5.41) is 0. The number of carbonyl (C=O) groups is 1. The van der Waals surface area contributed by atoms with Gasteiger partial charge in [-0.1, -0.05) is 0 Å². The smallest absolute Gasteiger partial charge is 0.451 e. The van der Waals surface area contributed by atoms with Gasteiger partial charge in [0.25, 0.3) is 0 Å². The highest BCUT2D eigenvalue weighted by atomic mass is 31.2. The van der Waals surface area contributed by atoms with Crippen molar-refractivity contribution in [3.63, 3.8) is 0 Å². The number of hydrogen-bond acceptors (Lipinski definition) is 3. The van der Waals surface area contributed by atoms with Gasteiger partial charge in [-0.15, -0.1) is 4.76 Å². The maximum absolute atomic E-state index is 10.7. The van der Waals surface area contributed by atoms with Crippen molar-refractivity contribution in [1.29, 1.82) is 0 Å². The van der Waals surface area contributed by atoms with Crippen LogP contribution in [0.25, 0.3) is 0 Å². The van der Waals surface area contributed by atoms with Gasteiger partial charge in [-0.05, 0) is 0 Å². The van der Waals surface area contributed by atoms with Gasteiger partial charge in [-0.25, -0.2) is 4.57 Å². The van der Waals surface area contributed by atoms with Gasteiger partial charge < -0.3 is 25.2 Å². The molecule has 0 amide bonds. The number of likely N-dealkylation sites (N-methyl/N-ethyl adjacent to an activating group) is 1. The summed E-state index contributed by atoms with van der Waals surface area (Å²) in [5.74, 6) is -1.01. The van der Waals surface area contributed by atoms with Crippen LogP contribution in [0.5, 0.6) is 0 Å².